The summed E-state index contributed by atoms with van der Waals surface area (Å²) in [5, 5.41) is 13.7. The third kappa shape index (κ3) is 5.60. The Morgan fingerprint density at radius 2 is 2.17 bits per heavy atom. The van der Waals surface area contributed by atoms with Gasteiger partial charge in [-0.15, -0.1) is 11.3 Å². The molecule has 0 aliphatic carbocycles. The van der Waals surface area contributed by atoms with E-state index in [1.54, 1.807) is 5.38 Å². The fourth-order valence-corrected chi connectivity index (χ4v) is 3.42. The highest BCUT2D eigenvalue weighted by Crippen LogP contribution is 2.13. The first kappa shape index (κ1) is 15.1. The van der Waals surface area contributed by atoms with Crippen molar-refractivity contribution < 1.29 is 8.42 Å². The summed E-state index contributed by atoms with van der Waals surface area (Å²) in [6.45, 7) is 4.77. The van der Waals surface area contributed by atoms with Gasteiger partial charge in [-0.25, -0.2) is 13.1 Å². The van der Waals surface area contributed by atoms with E-state index in [1.165, 1.54) is 11.3 Å². The van der Waals surface area contributed by atoms with Gasteiger partial charge in [-0.05, 0) is 19.9 Å². The van der Waals surface area contributed by atoms with Crippen LogP contribution in [-0.2, 0) is 16.6 Å². The lowest BCUT2D eigenvalue weighted by Crippen LogP contribution is -2.49. The molecule has 0 amide bonds. The van der Waals surface area contributed by atoms with Crippen LogP contribution < -0.4 is 10.0 Å². The SMILES string of the molecule is CC(C)(CNCc1cc(C#N)cs1)NS(C)(=O)=O. The number of rotatable bonds is 6. The zero-order chi connectivity index (χ0) is 13.8. The Hall–Kier alpha value is -0.940. The minimum absolute atomic E-state index is 0.514. The minimum Gasteiger partial charge on any atom is -0.310 e. The van der Waals surface area contributed by atoms with Crippen LogP contribution in [0.4, 0.5) is 0 Å². The van der Waals surface area contributed by atoms with Crippen molar-refractivity contribution in [3.8, 4) is 6.07 Å². The number of sulfonamides is 1. The zero-order valence-corrected chi connectivity index (χ0v) is 12.3. The summed E-state index contributed by atoms with van der Waals surface area (Å²) in [4.78, 5) is 1.06. The van der Waals surface area contributed by atoms with Gasteiger partial charge in [-0.3, -0.25) is 0 Å². The molecule has 0 bridgehead atoms. The summed E-state index contributed by atoms with van der Waals surface area (Å²) >= 11 is 1.51. The molecule has 0 saturated carbocycles. The van der Waals surface area contributed by atoms with Gasteiger partial charge in [-0.2, -0.15) is 5.26 Å². The van der Waals surface area contributed by atoms with Gasteiger partial charge < -0.3 is 5.32 Å². The summed E-state index contributed by atoms with van der Waals surface area (Å²) in [6, 6.07) is 3.90. The van der Waals surface area contributed by atoms with E-state index in [4.69, 9.17) is 5.26 Å². The van der Waals surface area contributed by atoms with Crippen LogP contribution >= 0.6 is 11.3 Å². The number of hydrogen-bond donors (Lipinski definition) is 2. The van der Waals surface area contributed by atoms with Crippen LogP contribution in [0.1, 0.15) is 24.3 Å². The fourth-order valence-electron chi connectivity index (χ4n) is 1.57. The largest absolute Gasteiger partial charge is 0.310 e. The molecule has 0 radical (unpaired) electrons. The van der Waals surface area contributed by atoms with E-state index in [2.05, 4.69) is 16.1 Å². The second-order valence-electron chi connectivity index (χ2n) is 4.78. The maximum atomic E-state index is 11.1. The second-order valence-corrected chi connectivity index (χ2v) is 7.52. The molecular formula is C11H17N3O2S2. The first-order valence-electron chi connectivity index (χ1n) is 5.39. The average molecular weight is 287 g/mol. The van der Waals surface area contributed by atoms with Crippen LogP contribution in [0.25, 0.3) is 0 Å². The average Bonchev–Trinajstić information content (AvgIpc) is 2.61. The Balaban J connectivity index is 2.44. The predicted molar refractivity (Wildman–Crippen MR) is 72.8 cm³/mol. The first-order chi connectivity index (χ1) is 8.22. The highest BCUT2D eigenvalue weighted by molar-refractivity contribution is 7.88. The number of nitriles is 1. The van der Waals surface area contributed by atoms with Crippen molar-refractivity contribution in [2.24, 2.45) is 0 Å². The van der Waals surface area contributed by atoms with Crippen LogP contribution in [0.3, 0.4) is 0 Å². The van der Waals surface area contributed by atoms with Gasteiger partial charge in [0.2, 0.25) is 10.0 Å². The maximum absolute atomic E-state index is 11.1. The number of nitrogens with zero attached hydrogens (tertiary/aromatic N) is 1. The molecule has 0 spiro atoms. The van der Waals surface area contributed by atoms with Gasteiger partial charge in [0.1, 0.15) is 6.07 Å². The first-order valence-corrected chi connectivity index (χ1v) is 8.16. The summed E-state index contributed by atoms with van der Waals surface area (Å²) < 4.78 is 24.9. The van der Waals surface area contributed by atoms with E-state index >= 15 is 0 Å². The summed E-state index contributed by atoms with van der Waals surface area (Å²) in [7, 11) is -3.21. The van der Waals surface area contributed by atoms with E-state index in [-0.39, 0.29) is 0 Å². The van der Waals surface area contributed by atoms with E-state index in [1.807, 2.05) is 19.9 Å². The maximum Gasteiger partial charge on any atom is 0.209 e. The molecule has 0 aliphatic heterocycles. The van der Waals surface area contributed by atoms with Crippen molar-refractivity contribution in [1.29, 1.82) is 5.26 Å². The number of thiophene rings is 1. The van der Waals surface area contributed by atoms with Gasteiger partial charge in [0.25, 0.3) is 0 Å². The number of nitrogens with one attached hydrogen (secondary N) is 2. The van der Waals surface area contributed by atoms with Crippen molar-refractivity contribution in [1.82, 2.24) is 10.0 Å². The zero-order valence-electron chi connectivity index (χ0n) is 10.6. The fraction of sp³-hybridized carbons (Fsp3) is 0.545. The molecule has 0 aromatic carbocycles. The third-order valence-corrected chi connectivity index (χ3v) is 3.97. The van der Waals surface area contributed by atoms with Crippen molar-refractivity contribution >= 4 is 21.4 Å². The van der Waals surface area contributed by atoms with Gasteiger partial charge >= 0.3 is 0 Å². The van der Waals surface area contributed by atoms with Gasteiger partial charge in [-0.1, -0.05) is 0 Å². The molecule has 0 fully saturated rings. The van der Waals surface area contributed by atoms with E-state index < -0.39 is 15.6 Å². The summed E-state index contributed by atoms with van der Waals surface area (Å²) in [6.07, 6.45) is 1.15. The quantitative estimate of drug-likeness (QED) is 0.819. The van der Waals surface area contributed by atoms with Crippen LogP contribution in [-0.4, -0.2) is 26.8 Å². The Labute approximate surface area is 112 Å². The van der Waals surface area contributed by atoms with Crippen LogP contribution in [0, 0.1) is 11.3 Å². The van der Waals surface area contributed by atoms with Crippen molar-refractivity contribution in [3.63, 3.8) is 0 Å². The molecule has 1 rings (SSSR count). The molecule has 0 unspecified atom stereocenters. The number of hydrogen-bond acceptors (Lipinski definition) is 5. The predicted octanol–water partition coefficient (Wildman–Crippen LogP) is 1.04. The molecule has 2 N–H and O–H groups in total. The van der Waals surface area contributed by atoms with Crippen molar-refractivity contribution in [2.75, 3.05) is 12.8 Å². The molecule has 0 aliphatic rings. The molecule has 0 saturated heterocycles. The molecule has 1 aromatic heterocycles. The lowest BCUT2D eigenvalue weighted by molar-refractivity contribution is 0.422. The Morgan fingerprint density at radius 1 is 1.50 bits per heavy atom. The smallest absolute Gasteiger partial charge is 0.209 e. The molecule has 0 atom stereocenters. The lowest BCUT2D eigenvalue weighted by atomic mass is 10.1. The highest BCUT2D eigenvalue weighted by atomic mass is 32.2. The molecular weight excluding hydrogens is 270 g/mol. The van der Waals surface area contributed by atoms with Gasteiger partial charge in [0.15, 0.2) is 0 Å². The molecule has 100 valence electrons. The van der Waals surface area contributed by atoms with Crippen LogP contribution in [0.15, 0.2) is 11.4 Å². The van der Waals surface area contributed by atoms with Crippen LogP contribution in [0.5, 0.6) is 0 Å². The van der Waals surface area contributed by atoms with Crippen LogP contribution in [0.2, 0.25) is 0 Å². The summed E-state index contributed by atoms with van der Waals surface area (Å²) in [5.74, 6) is 0. The van der Waals surface area contributed by atoms with Gasteiger partial charge in [0.05, 0.1) is 11.8 Å². The van der Waals surface area contributed by atoms with E-state index in [9.17, 15) is 8.42 Å². The van der Waals surface area contributed by atoms with E-state index in [0.717, 1.165) is 11.1 Å². The molecule has 7 heteroatoms. The topological polar surface area (TPSA) is 82.0 Å². The molecule has 1 heterocycles. The monoisotopic (exact) mass is 287 g/mol. The highest BCUT2D eigenvalue weighted by Gasteiger charge is 2.21. The lowest BCUT2D eigenvalue weighted by Gasteiger charge is -2.25. The Kier molecular flexibility index (Phi) is 4.87. The minimum atomic E-state index is -3.21. The molecule has 18 heavy (non-hydrogen) atoms. The molecule has 1 aromatic rings. The Bertz CT molecular complexity index is 541. The third-order valence-electron chi connectivity index (χ3n) is 2.11. The van der Waals surface area contributed by atoms with Gasteiger partial charge in [0, 0.05) is 28.9 Å². The normalized spacial score (nSPS) is 12.3. The standard InChI is InChI=1S/C11H17N3O2S2/c1-11(2,14-18(3,15)16)8-13-6-10-4-9(5-12)7-17-10/h4,7,13-14H,6,8H2,1-3H3. The Morgan fingerprint density at radius 3 is 2.67 bits per heavy atom. The van der Waals surface area contributed by atoms with E-state index in [0.29, 0.717) is 18.7 Å². The van der Waals surface area contributed by atoms with Crippen molar-refractivity contribution in [2.45, 2.75) is 25.9 Å². The molecule has 5 nitrogen and oxygen atoms in total. The second kappa shape index (κ2) is 5.80. The summed E-state index contributed by atoms with van der Waals surface area (Å²) in [5.41, 5.74) is 0.119. The van der Waals surface area contributed by atoms with Crippen molar-refractivity contribution in [3.05, 3.63) is 21.9 Å².